The molecule has 0 spiro atoms. The van der Waals surface area contributed by atoms with Gasteiger partial charge in [-0.15, -0.1) is 0 Å². The molecule has 0 bridgehead atoms. The summed E-state index contributed by atoms with van der Waals surface area (Å²) in [7, 11) is 4.61. The number of benzene rings is 1. The van der Waals surface area contributed by atoms with Crippen molar-refractivity contribution in [3.63, 3.8) is 0 Å². The number of hydrogen-bond donors (Lipinski definition) is 1. The molecule has 1 aliphatic rings. The van der Waals surface area contributed by atoms with Crippen molar-refractivity contribution in [2.24, 2.45) is 0 Å². The van der Waals surface area contributed by atoms with Crippen molar-refractivity contribution >= 4 is 21.8 Å². The van der Waals surface area contributed by atoms with Crippen LogP contribution in [-0.4, -0.2) is 58.3 Å². The van der Waals surface area contributed by atoms with Crippen LogP contribution in [0.4, 0.5) is 0 Å². The molecule has 1 N–H and O–H groups in total. The summed E-state index contributed by atoms with van der Waals surface area (Å²) in [5, 5.41) is 3.29. The summed E-state index contributed by atoms with van der Waals surface area (Å²) >= 11 is 3.46. The highest BCUT2D eigenvalue weighted by Crippen LogP contribution is 2.45. The number of carbonyl (C=O) groups is 1. The van der Waals surface area contributed by atoms with Crippen LogP contribution >= 0.6 is 15.9 Å². The Labute approximate surface area is 138 Å². The molecule has 1 aromatic carbocycles. The fraction of sp³-hybridized carbons (Fsp3) is 0.533. The van der Waals surface area contributed by atoms with E-state index in [1.165, 1.54) is 21.3 Å². The first-order valence-corrected chi connectivity index (χ1v) is 7.91. The summed E-state index contributed by atoms with van der Waals surface area (Å²) in [4.78, 5) is 14.7. The minimum absolute atomic E-state index is 0.0465. The van der Waals surface area contributed by atoms with E-state index in [-0.39, 0.29) is 5.91 Å². The van der Waals surface area contributed by atoms with E-state index in [1.807, 2.05) is 4.90 Å². The minimum atomic E-state index is -0.0465. The molecule has 6 nitrogen and oxygen atoms in total. The number of amides is 1. The van der Waals surface area contributed by atoms with Gasteiger partial charge < -0.3 is 24.4 Å². The topological polar surface area (TPSA) is 60.0 Å². The predicted octanol–water partition coefficient (Wildman–Crippen LogP) is 1.91. The van der Waals surface area contributed by atoms with Crippen molar-refractivity contribution in [3.05, 3.63) is 16.1 Å². The van der Waals surface area contributed by atoms with Crippen molar-refractivity contribution in [3.8, 4) is 17.2 Å². The van der Waals surface area contributed by atoms with Crippen molar-refractivity contribution in [1.29, 1.82) is 0 Å². The molecule has 0 radical (unpaired) electrons. The van der Waals surface area contributed by atoms with Gasteiger partial charge in [-0.05, 0) is 35.0 Å². The van der Waals surface area contributed by atoms with Crippen molar-refractivity contribution in [1.82, 2.24) is 10.2 Å². The number of rotatable bonds is 4. The number of halogens is 1. The normalized spacial score (nSPS) is 15.2. The van der Waals surface area contributed by atoms with Gasteiger partial charge in [0, 0.05) is 19.6 Å². The monoisotopic (exact) mass is 372 g/mol. The molecule has 0 aliphatic carbocycles. The Balaban J connectivity index is 2.43. The van der Waals surface area contributed by atoms with E-state index in [1.54, 1.807) is 6.07 Å². The van der Waals surface area contributed by atoms with E-state index < -0.39 is 0 Å². The summed E-state index contributed by atoms with van der Waals surface area (Å²) in [6, 6.07) is 1.69. The molecule has 1 amide bonds. The van der Waals surface area contributed by atoms with E-state index >= 15 is 0 Å². The first-order chi connectivity index (χ1) is 10.6. The Morgan fingerprint density at radius 3 is 2.50 bits per heavy atom. The van der Waals surface area contributed by atoms with Crippen LogP contribution in [0.25, 0.3) is 0 Å². The number of nitrogens with zero attached hydrogens (tertiary/aromatic N) is 1. The van der Waals surface area contributed by atoms with Gasteiger partial charge in [0.05, 0.1) is 31.4 Å². The molecule has 1 aliphatic heterocycles. The third-order valence-corrected chi connectivity index (χ3v) is 4.41. The zero-order valence-electron chi connectivity index (χ0n) is 13.1. The molecule has 1 aromatic rings. The predicted molar refractivity (Wildman–Crippen MR) is 87.2 cm³/mol. The van der Waals surface area contributed by atoms with Gasteiger partial charge in [0.25, 0.3) is 5.91 Å². The van der Waals surface area contributed by atoms with Gasteiger partial charge in [0.15, 0.2) is 11.5 Å². The quantitative estimate of drug-likeness (QED) is 0.874. The average molecular weight is 373 g/mol. The lowest BCUT2D eigenvalue weighted by atomic mass is 10.1. The third-order valence-electron chi connectivity index (χ3n) is 3.63. The van der Waals surface area contributed by atoms with Crippen LogP contribution < -0.4 is 19.5 Å². The lowest BCUT2D eigenvalue weighted by molar-refractivity contribution is 0.0764. The lowest BCUT2D eigenvalue weighted by Gasteiger charge is -2.22. The number of ether oxygens (including phenoxy) is 3. The standard InChI is InChI=1S/C15H21BrN2O4/c1-20-11-9-10(12(16)14(22-3)13(11)21-2)15(19)18-7-4-5-17-6-8-18/h9,17H,4-8H2,1-3H3. The fourth-order valence-corrected chi connectivity index (χ4v) is 3.12. The first kappa shape index (κ1) is 16.9. The molecule has 0 saturated carbocycles. The van der Waals surface area contributed by atoms with E-state index in [0.29, 0.717) is 33.8 Å². The molecule has 22 heavy (non-hydrogen) atoms. The lowest BCUT2D eigenvalue weighted by Crippen LogP contribution is -2.34. The number of hydrogen-bond acceptors (Lipinski definition) is 5. The van der Waals surface area contributed by atoms with Crippen molar-refractivity contribution < 1.29 is 19.0 Å². The molecule has 0 atom stereocenters. The highest BCUT2D eigenvalue weighted by molar-refractivity contribution is 9.10. The van der Waals surface area contributed by atoms with E-state index in [4.69, 9.17) is 14.2 Å². The first-order valence-electron chi connectivity index (χ1n) is 7.12. The summed E-state index contributed by atoms with van der Waals surface area (Å²) in [5.41, 5.74) is 0.511. The highest BCUT2D eigenvalue weighted by Gasteiger charge is 2.26. The van der Waals surface area contributed by atoms with Gasteiger partial charge in [-0.3, -0.25) is 4.79 Å². The van der Waals surface area contributed by atoms with Crippen LogP contribution in [0, 0.1) is 0 Å². The molecule has 0 unspecified atom stereocenters. The maximum absolute atomic E-state index is 12.8. The summed E-state index contributed by atoms with van der Waals surface area (Å²) < 4.78 is 16.6. The van der Waals surface area contributed by atoms with E-state index in [0.717, 1.165) is 26.1 Å². The second-order valence-corrected chi connectivity index (χ2v) is 5.70. The molecule has 1 heterocycles. The molecule has 1 fully saturated rings. The summed E-state index contributed by atoms with van der Waals surface area (Å²) in [5.74, 6) is 1.35. The number of carbonyl (C=O) groups excluding carboxylic acids is 1. The Hall–Kier alpha value is -1.47. The molecule has 0 aromatic heterocycles. The van der Waals surface area contributed by atoms with Gasteiger partial charge in [-0.1, -0.05) is 0 Å². The molecule has 7 heteroatoms. The minimum Gasteiger partial charge on any atom is -0.493 e. The molecule has 2 rings (SSSR count). The SMILES string of the molecule is COc1cc(C(=O)N2CCCNCC2)c(Br)c(OC)c1OC. The molecule has 122 valence electrons. The van der Waals surface area contributed by atoms with Crippen LogP contribution in [-0.2, 0) is 0 Å². The number of nitrogens with one attached hydrogen (secondary N) is 1. The fourth-order valence-electron chi connectivity index (χ4n) is 2.50. The summed E-state index contributed by atoms with van der Waals surface area (Å²) in [6.45, 7) is 3.14. The largest absolute Gasteiger partial charge is 0.493 e. The van der Waals surface area contributed by atoms with Crippen LogP contribution in [0.15, 0.2) is 10.5 Å². The third kappa shape index (κ3) is 3.30. The Kier molecular flexibility index (Phi) is 5.90. The molecular formula is C15H21BrN2O4. The van der Waals surface area contributed by atoms with Gasteiger partial charge in [0.1, 0.15) is 0 Å². The van der Waals surface area contributed by atoms with Crippen LogP contribution in [0.3, 0.4) is 0 Å². The van der Waals surface area contributed by atoms with Crippen LogP contribution in [0.2, 0.25) is 0 Å². The Morgan fingerprint density at radius 2 is 1.86 bits per heavy atom. The smallest absolute Gasteiger partial charge is 0.255 e. The van der Waals surface area contributed by atoms with E-state index in [9.17, 15) is 4.79 Å². The number of methoxy groups -OCH3 is 3. The second-order valence-electron chi connectivity index (χ2n) is 4.90. The average Bonchev–Trinajstić information content (AvgIpc) is 2.82. The van der Waals surface area contributed by atoms with Crippen molar-refractivity contribution in [2.75, 3.05) is 47.5 Å². The Bertz CT molecular complexity index is 543. The van der Waals surface area contributed by atoms with E-state index in [2.05, 4.69) is 21.2 Å². The zero-order valence-corrected chi connectivity index (χ0v) is 14.7. The van der Waals surface area contributed by atoms with Gasteiger partial charge in [-0.25, -0.2) is 0 Å². The zero-order chi connectivity index (χ0) is 16.1. The molecular weight excluding hydrogens is 352 g/mol. The van der Waals surface area contributed by atoms with Crippen LogP contribution in [0.5, 0.6) is 17.2 Å². The molecule has 1 saturated heterocycles. The second kappa shape index (κ2) is 7.69. The van der Waals surface area contributed by atoms with Gasteiger partial charge in [0.2, 0.25) is 5.75 Å². The van der Waals surface area contributed by atoms with Crippen LogP contribution in [0.1, 0.15) is 16.8 Å². The maximum Gasteiger partial charge on any atom is 0.255 e. The van der Waals surface area contributed by atoms with Crippen molar-refractivity contribution in [2.45, 2.75) is 6.42 Å². The van der Waals surface area contributed by atoms with Gasteiger partial charge in [-0.2, -0.15) is 0 Å². The Morgan fingerprint density at radius 1 is 1.14 bits per heavy atom. The highest BCUT2D eigenvalue weighted by atomic mass is 79.9. The van der Waals surface area contributed by atoms with Gasteiger partial charge >= 0.3 is 0 Å². The summed E-state index contributed by atoms with van der Waals surface area (Å²) in [6.07, 6.45) is 0.938. The maximum atomic E-state index is 12.8.